The molecular formula is C17H18N2O3S. The second-order valence-corrected chi connectivity index (χ2v) is 7.23. The van der Waals surface area contributed by atoms with Crippen LogP contribution < -0.4 is 9.57 Å². The number of benzene rings is 2. The molecule has 0 aliphatic carbocycles. The van der Waals surface area contributed by atoms with Gasteiger partial charge in [-0.25, -0.2) is 0 Å². The molecule has 1 N–H and O–H groups in total. The summed E-state index contributed by atoms with van der Waals surface area (Å²) in [5, 5.41) is 4.12. The highest BCUT2D eigenvalue weighted by molar-refractivity contribution is 7.89. The largest absolute Gasteiger partial charge is 0.492 e. The van der Waals surface area contributed by atoms with Crippen molar-refractivity contribution in [2.24, 2.45) is 5.10 Å². The Bertz CT molecular complexity index is 856. The van der Waals surface area contributed by atoms with Gasteiger partial charge < -0.3 is 4.74 Å². The van der Waals surface area contributed by atoms with Crippen molar-refractivity contribution in [1.29, 1.82) is 0 Å². The van der Waals surface area contributed by atoms with Gasteiger partial charge in [0.2, 0.25) is 0 Å². The van der Waals surface area contributed by atoms with E-state index in [0.29, 0.717) is 18.7 Å². The van der Waals surface area contributed by atoms with Crippen molar-refractivity contribution < 1.29 is 13.2 Å². The van der Waals surface area contributed by atoms with Crippen LogP contribution in [0.3, 0.4) is 0 Å². The molecule has 5 nitrogen and oxygen atoms in total. The average Bonchev–Trinajstić information content (AvgIpc) is 2.53. The second-order valence-electron chi connectivity index (χ2n) is 5.56. The van der Waals surface area contributed by atoms with Crippen molar-refractivity contribution in [3.63, 3.8) is 0 Å². The highest BCUT2D eigenvalue weighted by Crippen LogP contribution is 2.26. The first-order chi connectivity index (χ1) is 11.0. The summed E-state index contributed by atoms with van der Waals surface area (Å²) in [6.07, 6.45) is 0.562. The maximum Gasteiger partial charge on any atom is 0.276 e. The molecule has 0 radical (unpaired) electrons. The summed E-state index contributed by atoms with van der Waals surface area (Å²) in [7, 11) is -3.67. The van der Waals surface area contributed by atoms with E-state index >= 15 is 0 Å². The van der Waals surface area contributed by atoms with E-state index in [4.69, 9.17) is 4.74 Å². The van der Waals surface area contributed by atoms with Gasteiger partial charge in [0.25, 0.3) is 10.0 Å². The molecule has 0 saturated heterocycles. The fraction of sp³-hybridized carbons (Fsp3) is 0.235. The minimum Gasteiger partial charge on any atom is -0.492 e. The van der Waals surface area contributed by atoms with Gasteiger partial charge >= 0.3 is 0 Å². The summed E-state index contributed by atoms with van der Waals surface area (Å²) in [5.74, 6) is 0.740. The molecule has 1 aliphatic heterocycles. The molecular weight excluding hydrogens is 312 g/mol. The third-order valence-electron chi connectivity index (χ3n) is 3.68. The lowest BCUT2D eigenvalue weighted by atomic mass is 10.0. The summed E-state index contributed by atoms with van der Waals surface area (Å²) >= 11 is 0. The summed E-state index contributed by atoms with van der Waals surface area (Å²) in [5.41, 5.74) is 3.60. The highest BCUT2D eigenvalue weighted by atomic mass is 32.2. The van der Waals surface area contributed by atoms with Gasteiger partial charge in [0.1, 0.15) is 5.75 Å². The zero-order valence-electron chi connectivity index (χ0n) is 13.0. The minimum absolute atomic E-state index is 0.198. The quantitative estimate of drug-likeness (QED) is 0.880. The standard InChI is InChI=1S/C17H18N2O3S/c1-12-3-6-14(7-4-12)23(20,21)19-18-16-9-10-22-17-11-13(2)5-8-15(16)17/h3-8,11,19H,9-10H2,1-2H3/b18-16+. The third kappa shape index (κ3) is 3.37. The Labute approximate surface area is 136 Å². The molecule has 120 valence electrons. The molecule has 0 amide bonds. The molecule has 1 heterocycles. The molecule has 3 rings (SSSR count). The van der Waals surface area contributed by atoms with Gasteiger partial charge in [0.05, 0.1) is 17.2 Å². The number of hydrazone groups is 1. The van der Waals surface area contributed by atoms with Gasteiger partial charge in [-0.2, -0.15) is 18.4 Å². The minimum atomic E-state index is -3.67. The molecule has 0 bridgehead atoms. The molecule has 23 heavy (non-hydrogen) atoms. The van der Waals surface area contributed by atoms with Crippen LogP contribution in [-0.4, -0.2) is 20.7 Å². The lowest BCUT2D eigenvalue weighted by molar-refractivity contribution is 0.320. The molecule has 0 spiro atoms. The van der Waals surface area contributed by atoms with E-state index in [2.05, 4.69) is 9.93 Å². The van der Waals surface area contributed by atoms with Crippen LogP contribution in [0.5, 0.6) is 5.75 Å². The molecule has 2 aromatic carbocycles. The number of fused-ring (bicyclic) bond motifs is 1. The van der Waals surface area contributed by atoms with E-state index in [-0.39, 0.29) is 4.90 Å². The highest BCUT2D eigenvalue weighted by Gasteiger charge is 2.19. The van der Waals surface area contributed by atoms with Crippen LogP contribution in [0.25, 0.3) is 0 Å². The Balaban J connectivity index is 1.88. The molecule has 0 aromatic heterocycles. The predicted octanol–water partition coefficient (Wildman–Crippen LogP) is 2.77. The normalized spacial score (nSPS) is 15.8. The summed E-state index contributed by atoms with van der Waals surface area (Å²) in [4.78, 5) is 2.52. The van der Waals surface area contributed by atoms with Gasteiger partial charge in [-0.05, 0) is 43.7 Å². The molecule has 1 aliphatic rings. The first-order valence-corrected chi connectivity index (χ1v) is 8.83. The number of ether oxygens (including phenoxy) is 1. The van der Waals surface area contributed by atoms with Crippen LogP contribution in [-0.2, 0) is 10.0 Å². The number of hydrogen-bond donors (Lipinski definition) is 1. The topological polar surface area (TPSA) is 67.8 Å². The van der Waals surface area contributed by atoms with Crippen LogP contribution in [0.15, 0.2) is 52.5 Å². The second kappa shape index (κ2) is 6.04. The van der Waals surface area contributed by atoms with Crippen LogP contribution in [0.4, 0.5) is 0 Å². The average molecular weight is 330 g/mol. The Kier molecular flexibility index (Phi) is 4.09. The van der Waals surface area contributed by atoms with Gasteiger partial charge in [0, 0.05) is 12.0 Å². The maximum absolute atomic E-state index is 12.3. The van der Waals surface area contributed by atoms with Crippen molar-refractivity contribution >= 4 is 15.7 Å². The first kappa shape index (κ1) is 15.6. The summed E-state index contributed by atoms with van der Waals surface area (Å²) < 4.78 is 30.2. The monoisotopic (exact) mass is 330 g/mol. The SMILES string of the molecule is Cc1ccc(S(=O)(=O)N/N=C2\CCOc3cc(C)ccc32)cc1. The number of nitrogens with one attached hydrogen (secondary N) is 1. The first-order valence-electron chi connectivity index (χ1n) is 7.34. The summed E-state index contributed by atoms with van der Waals surface area (Å²) in [6.45, 7) is 4.38. The van der Waals surface area contributed by atoms with Crippen molar-refractivity contribution in [2.45, 2.75) is 25.2 Å². The molecule has 0 saturated carbocycles. The van der Waals surface area contributed by atoms with Crippen molar-refractivity contribution in [3.05, 3.63) is 59.2 Å². The number of aryl methyl sites for hydroxylation is 2. The zero-order chi connectivity index (χ0) is 16.4. The molecule has 0 fully saturated rings. The van der Waals surface area contributed by atoms with Crippen LogP contribution in [0.2, 0.25) is 0 Å². The van der Waals surface area contributed by atoms with Crippen LogP contribution in [0, 0.1) is 13.8 Å². The summed E-state index contributed by atoms with van der Waals surface area (Å²) in [6, 6.07) is 12.4. The Hall–Kier alpha value is -2.34. The van der Waals surface area contributed by atoms with Gasteiger partial charge in [0.15, 0.2) is 0 Å². The van der Waals surface area contributed by atoms with Crippen molar-refractivity contribution in [1.82, 2.24) is 4.83 Å². The molecule has 6 heteroatoms. The lowest BCUT2D eigenvalue weighted by Crippen LogP contribution is -2.23. The number of sulfonamides is 1. The van der Waals surface area contributed by atoms with E-state index in [0.717, 1.165) is 22.4 Å². The Morgan fingerprint density at radius 3 is 2.48 bits per heavy atom. The van der Waals surface area contributed by atoms with E-state index in [9.17, 15) is 8.42 Å². The Morgan fingerprint density at radius 1 is 1.04 bits per heavy atom. The van der Waals surface area contributed by atoms with Crippen LogP contribution >= 0.6 is 0 Å². The van der Waals surface area contributed by atoms with Gasteiger partial charge in [-0.3, -0.25) is 0 Å². The lowest BCUT2D eigenvalue weighted by Gasteiger charge is -2.19. The molecule has 2 aromatic rings. The molecule has 0 atom stereocenters. The van der Waals surface area contributed by atoms with Crippen LogP contribution in [0.1, 0.15) is 23.1 Å². The number of hydrogen-bond acceptors (Lipinski definition) is 4. The fourth-order valence-corrected chi connectivity index (χ4v) is 3.21. The van der Waals surface area contributed by atoms with Crippen molar-refractivity contribution in [3.8, 4) is 5.75 Å². The van der Waals surface area contributed by atoms with Gasteiger partial charge in [-0.1, -0.05) is 23.8 Å². The van der Waals surface area contributed by atoms with E-state index in [1.165, 1.54) is 0 Å². The third-order valence-corrected chi connectivity index (χ3v) is 4.90. The van der Waals surface area contributed by atoms with Crippen molar-refractivity contribution in [2.75, 3.05) is 6.61 Å². The maximum atomic E-state index is 12.3. The Morgan fingerprint density at radius 2 is 1.74 bits per heavy atom. The number of nitrogens with zero attached hydrogens (tertiary/aromatic N) is 1. The van der Waals surface area contributed by atoms with E-state index < -0.39 is 10.0 Å². The number of rotatable bonds is 3. The zero-order valence-corrected chi connectivity index (χ0v) is 13.9. The smallest absolute Gasteiger partial charge is 0.276 e. The van der Waals surface area contributed by atoms with E-state index in [1.807, 2.05) is 32.0 Å². The van der Waals surface area contributed by atoms with Gasteiger partial charge in [-0.15, -0.1) is 0 Å². The fourth-order valence-electron chi connectivity index (χ4n) is 2.38. The molecule has 0 unspecified atom stereocenters. The predicted molar refractivity (Wildman–Crippen MR) is 89.3 cm³/mol. The van der Waals surface area contributed by atoms with E-state index in [1.54, 1.807) is 24.3 Å².